The lowest BCUT2D eigenvalue weighted by atomic mass is 10.0. The van der Waals surface area contributed by atoms with Gasteiger partial charge in [0, 0.05) is 0 Å². The molecule has 0 saturated heterocycles. The van der Waals surface area contributed by atoms with Crippen LogP contribution in [0.3, 0.4) is 0 Å². The van der Waals surface area contributed by atoms with Crippen LogP contribution in [0.5, 0.6) is 0 Å². The molecule has 0 heterocycles. The van der Waals surface area contributed by atoms with E-state index in [2.05, 4.69) is 27.7 Å². The van der Waals surface area contributed by atoms with Crippen molar-refractivity contribution in [1.82, 2.24) is 0 Å². The minimum atomic E-state index is 1.05. The lowest BCUT2D eigenvalue weighted by Gasteiger charge is -2.03. The van der Waals surface area contributed by atoms with Crippen LogP contribution in [0.4, 0.5) is 0 Å². The topological polar surface area (TPSA) is 0 Å². The smallest absolute Gasteiger partial charge is 0.0414 e. The molecule has 2 aliphatic rings. The van der Waals surface area contributed by atoms with Gasteiger partial charge in [-0.2, -0.15) is 0 Å². The van der Waals surface area contributed by atoms with Gasteiger partial charge in [0.1, 0.15) is 0 Å². The largest absolute Gasteiger partial charge is 0.0656 e. The average molecular weight is 240 g/mol. The zero-order valence-electron chi connectivity index (χ0n) is 12.9. The minimum absolute atomic E-state index is 1.05. The highest BCUT2D eigenvalue weighted by atomic mass is 14.2. The van der Waals surface area contributed by atoms with Crippen molar-refractivity contribution in [2.45, 2.75) is 98.3 Å². The molecule has 2 fully saturated rings. The van der Waals surface area contributed by atoms with E-state index in [4.69, 9.17) is 0 Å². The van der Waals surface area contributed by atoms with Gasteiger partial charge >= 0.3 is 0 Å². The first kappa shape index (κ1) is 17.0. The first-order chi connectivity index (χ1) is 8.24. The van der Waals surface area contributed by atoms with Crippen LogP contribution in [0.1, 0.15) is 98.3 Å². The molecule has 17 heavy (non-hydrogen) atoms. The molecule has 0 spiro atoms. The quantitative estimate of drug-likeness (QED) is 0.511. The molecule has 0 aromatic heterocycles. The van der Waals surface area contributed by atoms with E-state index >= 15 is 0 Å². The van der Waals surface area contributed by atoms with Gasteiger partial charge in [-0.05, 0) is 11.8 Å². The molecule has 0 heteroatoms. The molecule has 2 aliphatic carbocycles. The Labute approximate surface area is 111 Å². The average Bonchev–Trinajstić information content (AvgIpc) is 2.94. The summed E-state index contributed by atoms with van der Waals surface area (Å²) in [6, 6.07) is 0. The van der Waals surface area contributed by atoms with Crippen molar-refractivity contribution in [2.75, 3.05) is 0 Å². The second-order valence-electron chi connectivity index (χ2n) is 6.04. The molecule has 0 aromatic carbocycles. The van der Waals surface area contributed by atoms with Crippen LogP contribution in [0, 0.1) is 11.8 Å². The van der Waals surface area contributed by atoms with Crippen LogP contribution < -0.4 is 0 Å². The van der Waals surface area contributed by atoms with Crippen LogP contribution >= 0.6 is 0 Å². The molecule has 0 bridgehead atoms. The van der Waals surface area contributed by atoms with Crippen molar-refractivity contribution in [1.29, 1.82) is 0 Å². The van der Waals surface area contributed by atoms with Gasteiger partial charge in [0.05, 0.1) is 0 Å². The Morgan fingerprint density at radius 3 is 1.47 bits per heavy atom. The third-order valence-electron chi connectivity index (χ3n) is 3.82. The maximum absolute atomic E-state index is 2.34. The summed E-state index contributed by atoms with van der Waals surface area (Å²) in [5.41, 5.74) is 0. The highest BCUT2D eigenvalue weighted by Crippen LogP contribution is 2.28. The van der Waals surface area contributed by atoms with Gasteiger partial charge in [-0.15, -0.1) is 0 Å². The predicted molar refractivity (Wildman–Crippen MR) is 80.5 cm³/mol. The van der Waals surface area contributed by atoms with Gasteiger partial charge in [-0.25, -0.2) is 0 Å². The molecule has 0 atom stereocenters. The second kappa shape index (κ2) is 12.5. The summed E-state index contributed by atoms with van der Waals surface area (Å²) in [5.74, 6) is 2.16. The van der Waals surface area contributed by atoms with Crippen LogP contribution in [-0.2, 0) is 0 Å². The van der Waals surface area contributed by atoms with E-state index in [9.17, 15) is 0 Å². The van der Waals surface area contributed by atoms with E-state index in [1.807, 2.05) is 0 Å². The highest BCUT2D eigenvalue weighted by molar-refractivity contribution is 4.65. The molecule has 104 valence electrons. The molecular formula is C17H36. The Morgan fingerprint density at radius 1 is 0.765 bits per heavy atom. The zero-order chi connectivity index (χ0) is 12.9. The molecule has 0 aliphatic heterocycles. The van der Waals surface area contributed by atoms with E-state index < -0.39 is 0 Å². The molecule has 0 unspecified atom stereocenters. The lowest BCUT2D eigenvalue weighted by molar-refractivity contribution is 0.496. The molecule has 0 nitrogen and oxygen atoms in total. The fourth-order valence-corrected chi connectivity index (χ4v) is 2.84. The lowest BCUT2D eigenvalue weighted by Crippen LogP contribution is -1.89. The fraction of sp³-hybridized carbons (Fsp3) is 1.00. The van der Waals surface area contributed by atoms with E-state index in [0.29, 0.717) is 0 Å². The fourth-order valence-electron chi connectivity index (χ4n) is 2.84. The van der Waals surface area contributed by atoms with E-state index in [1.165, 1.54) is 70.6 Å². The maximum atomic E-state index is 2.34. The molecular weight excluding hydrogens is 204 g/mol. The summed E-state index contributed by atoms with van der Waals surface area (Å²) in [5, 5.41) is 0. The molecule has 0 aromatic rings. The van der Waals surface area contributed by atoms with Gasteiger partial charge in [-0.1, -0.05) is 98.3 Å². The van der Waals surface area contributed by atoms with Crippen LogP contribution in [0.2, 0.25) is 0 Å². The molecule has 0 amide bonds. The summed E-state index contributed by atoms with van der Waals surface area (Å²) < 4.78 is 0. The summed E-state index contributed by atoms with van der Waals surface area (Å²) in [6.45, 7) is 8.88. The molecule has 0 N–H and O–H groups in total. The second-order valence-corrected chi connectivity index (χ2v) is 6.04. The van der Waals surface area contributed by atoms with E-state index in [-0.39, 0.29) is 0 Å². The zero-order valence-corrected chi connectivity index (χ0v) is 12.9. The van der Waals surface area contributed by atoms with Crippen LogP contribution in [0.25, 0.3) is 0 Å². The van der Waals surface area contributed by atoms with Crippen molar-refractivity contribution >= 4 is 0 Å². The standard InChI is InChI=1S/C8H16.C6H12.C3H8/c1-2-5-8-6-3-4-7-8;1-6-4-2-3-5-6;1-3-2/h8H,2-7H2,1H3;6H,2-5H2,1H3;3H2,1-2H3. The molecule has 2 saturated carbocycles. The Morgan fingerprint density at radius 2 is 1.18 bits per heavy atom. The van der Waals surface area contributed by atoms with Crippen molar-refractivity contribution < 1.29 is 0 Å². The van der Waals surface area contributed by atoms with Crippen molar-refractivity contribution in [3.63, 3.8) is 0 Å². The highest BCUT2D eigenvalue weighted by Gasteiger charge is 2.12. The van der Waals surface area contributed by atoms with Crippen molar-refractivity contribution in [3.8, 4) is 0 Å². The summed E-state index contributed by atoms with van der Waals surface area (Å²) in [6.07, 6.45) is 16.1. The molecule has 0 radical (unpaired) electrons. The number of hydrogen-bond acceptors (Lipinski definition) is 0. The van der Waals surface area contributed by atoms with Gasteiger partial charge in [0.2, 0.25) is 0 Å². The maximum Gasteiger partial charge on any atom is -0.0414 e. The summed E-state index contributed by atoms with van der Waals surface area (Å²) in [7, 11) is 0. The Hall–Kier alpha value is 0. The van der Waals surface area contributed by atoms with Gasteiger partial charge in [0.15, 0.2) is 0 Å². The van der Waals surface area contributed by atoms with Crippen LogP contribution in [0.15, 0.2) is 0 Å². The third-order valence-corrected chi connectivity index (χ3v) is 3.82. The van der Waals surface area contributed by atoms with Gasteiger partial charge < -0.3 is 0 Å². The van der Waals surface area contributed by atoms with E-state index in [1.54, 1.807) is 0 Å². The van der Waals surface area contributed by atoms with Crippen LogP contribution in [-0.4, -0.2) is 0 Å². The monoisotopic (exact) mass is 240 g/mol. The number of hydrogen-bond donors (Lipinski definition) is 0. The Bertz CT molecular complexity index is 127. The van der Waals surface area contributed by atoms with Crippen molar-refractivity contribution in [2.24, 2.45) is 11.8 Å². The summed E-state index contributed by atoms with van der Waals surface area (Å²) in [4.78, 5) is 0. The summed E-state index contributed by atoms with van der Waals surface area (Å²) >= 11 is 0. The minimum Gasteiger partial charge on any atom is -0.0656 e. The Balaban J connectivity index is 0.000000252. The first-order valence-electron chi connectivity index (χ1n) is 8.24. The third kappa shape index (κ3) is 10.9. The predicted octanol–water partition coefficient (Wildman–Crippen LogP) is 6.59. The normalized spacial score (nSPS) is 20.5. The molecule has 2 rings (SSSR count). The first-order valence-corrected chi connectivity index (χ1v) is 8.24. The Kier molecular flexibility index (Phi) is 12.5. The number of rotatable bonds is 2. The SMILES string of the molecule is CC1CCCC1.CCC.CCCC1CCCC1. The van der Waals surface area contributed by atoms with Gasteiger partial charge in [-0.3, -0.25) is 0 Å². The van der Waals surface area contributed by atoms with Crippen molar-refractivity contribution in [3.05, 3.63) is 0 Å². The van der Waals surface area contributed by atoms with E-state index in [0.717, 1.165) is 11.8 Å². The van der Waals surface area contributed by atoms with Gasteiger partial charge in [0.25, 0.3) is 0 Å².